The van der Waals surface area contributed by atoms with Crippen LogP contribution in [0.15, 0.2) is 30.6 Å². The molecule has 0 aliphatic heterocycles. The minimum absolute atomic E-state index is 0.0639. The van der Waals surface area contributed by atoms with Crippen molar-refractivity contribution >= 4 is 0 Å². The molecule has 0 saturated heterocycles. The molecule has 1 aromatic carbocycles. The van der Waals surface area contributed by atoms with Crippen molar-refractivity contribution in [3.63, 3.8) is 0 Å². The fraction of sp³-hybridized carbons (Fsp3) is 0.429. The van der Waals surface area contributed by atoms with Gasteiger partial charge in [-0.1, -0.05) is 25.1 Å². The standard InChI is InChI=1S/C14H21N5O/c1-3-8-19-14(16-10-17-19)9-12(18-15)11-6-4-5-7-13(11)20-2/h4-7,10,12,18H,3,8-9,15H2,1-2H3. The van der Waals surface area contributed by atoms with Gasteiger partial charge in [0.2, 0.25) is 0 Å². The number of methoxy groups -OCH3 is 1. The smallest absolute Gasteiger partial charge is 0.138 e. The molecule has 1 heterocycles. The second kappa shape index (κ2) is 7.02. The number of hydrogen-bond donors (Lipinski definition) is 2. The van der Waals surface area contributed by atoms with Crippen LogP contribution in [-0.2, 0) is 13.0 Å². The molecular formula is C14H21N5O. The van der Waals surface area contributed by atoms with Crippen molar-refractivity contribution in [2.24, 2.45) is 5.84 Å². The molecule has 2 rings (SSSR count). The van der Waals surface area contributed by atoms with Crippen molar-refractivity contribution in [3.8, 4) is 5.75 Å². The number of para-hydroxylation sites is 1. The quantitative estimate of drug-likeness (QED) is 0.590. The predicted octanol–water partition coefficient (Wildman–Crippen LogP) is 1.44. The maximum atomic E-state index is 5.71. The molecule has 1 unspecified atom stereocenters. The average Bonchev–Trinajstić information content (AvgIpc) is 2.92. The second-order valence-electron chi connectivity index (χ2n) is 4.56. The van der Waals surface area contributed by atoms with Gasteiger partial charge in [-0.25, -0.2) is 4.98 Å². The summed E-state index contributed by atoms with van der Waals surface area (Å²) in [5, 5.41) is 4.24. The van der Waals surface area contributed by atoms with Gasteiger partial charge in [0.05, 0.1) is 13.2 Å². The average molecular weight is 275 g/mol. The van der Waals surface area contributed by atoms with Gasteiger partial charge in [0.15, 0.2) is 0 Å². The molecule has 3 N–H and O–H groups in total. The summed E-state index contributed by atoms with van der Waals surface area (Å²) in [6.45, 7) is 2.98. The Morgan fingerprint density at radius 1 is 1.40 bits per heavy atom. The Labute approximate surface area is 118 Å². The van der Waals surface area contributed by atoms with E-state index in [2.05, 4.69) is 22.4 Å². The van der Waals surface area contributed by atoms with Crippen LogP contribution in [0.4, 0.5) is 0 Å². The number of aromatic nitrogens is 3. The van der Waals surface area contributed by atoms with E-state index in [-0.39, 0.29) is 6.04 Å². The number of hydrazine groups is 1. The Kier molecular flexibility index (Phi) is 5.09. The van der Waals surface area contributed by atoms with Gasteiger partial charge in [-0.05, 0) is 12.5 Å². The highest BCUT2D eigenvalue weighted by Crippen LogP contribution is 2.26. The molecule has 0 saturated carbocycles. The van der Waals surface area contributed by atoms with Crippen LogP contribution in [0.2, 0.25) is 0 Å². The highest BCUT2D eigenvalue weighted by Gasteiger charge is 2.17. The molecule has 6 heteroatoms. The van der Waals surface area contributed by atoms with Crippen LogP contribution in [0.5, 0.6) is 5.75 Å². The zero-order valence-corrected chi connectivity index (χ0v) is 11.9. The molecule has 0 aliphatic rings. The van der Waals surface area contributed by atoms with Gasteiger partial charge >= 0.3 is 0 Å². The van der Waals surface area contributed by atoms with Crippen molar-refractivity contribution < 1.29 is 4.74 Å². The first-order chi connectivity index (χ1) is 9.80. The highest BCUT2D eigenvalue weighted by atomic mass is 16.5. The van der Waals surface area contributed by atoms with Crippen LogP contribution in [-0.4, -0.2) is 21.9 Å². The fourth-order valence-electron chi connectivity index (χ4n) is 2.24. The van der Waals surface area contributed by atoms with E-state index >= 15 is 0 Å². The summed E-state index contributed by atoms with van der Waals surface area (Å²) in [7, 11) is 1.66. The minimum atomic E-state index is -0.0639. The van der Waals surface area contributed by atoms with Crippen LogP contribution < -0.4 is 16.0 Å². The van der Waals surface area contributed by atoms with Gasteiger partial charge in [0, 0.05) is 18.5 Å². The number of nitrogens with one attached hydrogen (secondary N) is 1. The molecule has 0 amide bonds. The molecule has 20 heavy (non-hydrogen) atoms. The minimum Gasteiger partial charge on any atom is -0.496 e. The number of nitrogens with zero attached hydrogens (tertiary/aromatic N) is 3. The van der Waals surface area contributed by atoms with Crippen LogP contribution >= 0.6 is 0 Å². The Bertz CT molecular complexity index is 540. The first kappa shape index (κ1) is 14.5. The van der Waals surface area contributed by atoms with E-state index in [1.807, 2.05) is 28.9 Å². The lowest BCUT2D eigenvalue weighted by Gasteiger charge is -2.18. The number of nitrogens with two attached hydrogens (primary N) is 1. The number of aryl methyl sites for hydroxylation is 1. The zero-order valence-electron chi connectivity index (χ0n) is 11.9. The van der Waals surface area contributed by atoms with Crippen molar-refractivity contribution in [2.45, 2.75) is 32.4 Å². The number of benzene rings is 1. The van der Waals surface area contributed by atoms with Crippen molar-refractivity contribution in [1.29, 1.82) is 0 Å². The largest absolute Gasteiger partial charge is 0.496 e. The summed E-state index contributed by atoms with van der Waals surface area (Å²) in [6.07, 6.45) is 3.27. The molecule has 108 valence electrons. The molecule has 6 nitrogen and oxygen atoms in total. The number of ether oxygens (including phenoxy) is 1. The van der Waals surface area contributed by atoms with Crippen molar-refractivity contribution in [2.75, 3.05) is 7.11 Å². The first-order valence-corrected chi connectivity index (χ1v) is 6.75. The van der Waals surface area contributed by atoms with Crippen LogP contribution in [0, 0.1) is 0 Å². The van der Waals surface area contributed by atoms with Crippen LogP contribution in [0.1, 0.15) is 30.8 Å². The summed E-state index contributed by atoms with van der Waals surface area (Å²) in [5.74, 6) is 7.44. The van der Waals surface area contributed by atoms with Crippen LogP contribution in [0.3, 0.4) is 0 Å². The topological polar surface area (TPSA) is 78.0 Å². The van der Waals surface area contributed by atoms with E-state index in [1.165, 1.54) is 0 Å². The molecule has 1 atom stereocenters. The fourth-order valence-corrected chi connectivity index (χ4v) is 2.24. The maximum absolute atomic E-state index is 5.71. The van der Waals surface area contributed by atoms with Crippen molar-refractivity contribution in [1.82, 2.24) is 20.2 Å². The van der Waals surface area contributed by atoms with E-state index < -0.39 is 0 Å². The zero-order chi connectivity index (χ0) is 14.4. The van der Waals surface area contributed by atoms with Gasteiger partial charge < -0.3 is 4.74 Å². The lowest BCUT2D eigenvalue weighted by Crippen LogP contribution is -2.30. The second-order valence-corrected chi connectivity index (χ2v) is 4.56. The lowest BCUT2D eigenvalue weighted by molar-refractivity contribution is 0.396. The maximum Gasteiger partial charge on any atom is 0.138 e. The Hall–Kier alpha value is -1.92. The summed E-state index contributed by atoms with van der Waals surface area (Å²) >= 11 is 0. The molecule has 0 spiro atoms. The monoisotopic (exact) mass is 275 g/mol. The lowest BCUT2D eigenvalue weighted by atomic mass is 10.0. The molecule has 0 aliphatic carbocycles. The molecule has 0 radical (unpaired) electrons. The van der Waals surface area contributed by atoms with Gasteiger partial charge in [-0.2, -0.15) is 5.10 Å². The van der Waals surface area contributed by atoms with E-state index in [9.17, 15) is 0 Å². The molecule has 1 aromatic heterocycles. The normalized spacial score (nSPS) is 12.3. The van der Waals surface area contributed by atoms with Gasteiger partial charge in [0.25, 0.3) is 0 Å². The van der Waals surface area contributed by atoms with E-state index in [0.717, 1.165) is 30.1 Å². The summed E-state index contributed by atoms with van der Waals surface area (Å²) in [6, 6.07) is 7.78. The van der Waals surface area contributed by atoms with E-state index in [4.69, 9.17) is 10.6 Å². The summed E-state index contributed by atoms with van der Waals surface area (Å²) in [4.78, 5) is 4.32. The SMILES string of the molecule is CCCn1ncnc1CC(NN)c1ccccc1OC. The Balaban J connectivity index is 2.22. The molecule has 0 bridgehead atoms. The first-order valence-electron chi connectivity index (χ1n) is 6.75. The van der Waals surface area contributed by atoms with Crippen LogP contribution in [0.25, 0.3) is 0 Å². The van der Waals surface area contributed by atoms with E-state index in [0.29, 0.717) is 6.42 Å². The van der Waals surface area contributed by atoms with Crippen molar-refractivity contribution in [3.05, 3.63) is 42.0 Å². The third kappa shape index (κ3) is 3.15. The predicted molar refractivity (Wildman–Crippen MR) is 77.1 cm³/mol. The van der Waals surface area contributed by atoms with E-state index in [1.54, 1.807) is 13.4 Å². The summed E-state index contributed by atoms with van der Waals surface area (Å²) < 4.78 is 7.30. The highest BCUT2D eigenvalue weighted by molar-refractivity contribution is 5.36. The third-order valence-electron chi connectivity index (χ3n) is 3.23. The molecule has 0 fully saturated rings. The third-order valence-corrected chi connectivity index (χ3v) is 3.23. The number of rotatable bonds is 7. The Morgan fingerprint density at radius 3 is 2.90 bits per heavy atom. The van der Waals surface area contributed by atoms with Gasteiger partial charge in [-0.3, -0.25) is 16.0 Å². The summed E-state index contributed by atoms with van der Waals surface area (Å²) in [5.41, 5.74) is 3.86. The number of hydrogen-bond acceptors (Lipinski definition) is 5. The van der Waals surface area contributed by atoms with Gasteiger partial charge in [-0.15, -0.1) is 0 Å². The molecular weight excluding hydrogens is 254 g/mol. The molecule has 2 aromatic rings. The van der Waals surface area contributed by atoms with Gasteiger partial charge in [0.1, 0.15) is 17.9 Å². The Morgan fingerprint density at radius 2 is 2.20 bits per heavy atom.